The number of ketones is 2. The van der Waals surface area contributed by atoms with Gasteiger partial charge in [0.2, 0.25) is 11.7 Å². The summed E-state index contributed by atoms with van der Waals surface area (Å²) in [6.07, 6.45) is 2.45. The van der Waals surface area contributed by atoms with Crippen LogP contribution in [-0.4, -0.2) is 124 Å². The van der Waals surface area contributed by atoms with Crippen LogP contribution in [0.4, 0.5) is 5.69 Å². The van der Waals surface area contributed by atoms with Gasteiger partial charge in [-0.15, -0.1) is 0 Å². The van der Waals surface area contributed by atoms with Gasteiger partial charge >= 0.3 is 5.97 Å². The van der Waals surface area contributed by atoms with E-state index < -0.39 is 35.2 Å². The van der Waals surface area contributed by atoms with Crippen molar-refractivity contribution in [3.05, 3.63) is 130 Å². The van der Waals surface area contributed by atoms with E-state index in [1.165, 1.54) is 23.1 Å². The van der Waals surface area contributed by atoms with Gasteiger partial charge in [0, 0.05) is 78.6 Å². The molecule has 2 aliphatic heterocycles. The number of phenols is 1. The molecule has 1 fully saturated rings. The molecule has 7 rings (SSSR count). The molecule has 82 heavy (non-hydrogen) atoms. The number of esters is 1. The molecule has 436 valence electrons. The van der Waals surface area contributed by atoms with E-state index in [-0.39, 0.29) is 61.8 Å². The number of hydrogen-bond donors (Lipinski definition) is 4. The molecule has 4 aromatic carbocycles. The van der Waals surface area contributed by atoms with Gasteiger partial charge in [-0.05, 0) is 122 Å². The van der Waals surface area contributed by atoms with Crippen LogP contribution in [0, 0.1) is 5.41 Å². The number of carbonyl (C=O) groups is 5. The number of aryl methyl sites for hydroxylation is 1. The van der Waals surface area contributed by atoms with E-state index in [0.717, 1.165) is 33.3 Å². The third-order valence-electron chi connectivity index (χ3n) is 14.4. The second-order valence-corrected chi connectivity index (χ2v) is 21.1. The van der Waals surface area contributed by atoms with Crippen LogP contribution in [0.1, 0.15) is 88.5 Å². The molecule has 0 radical (unpaired) electrons. The Morgan fingerprint density at radius 3 is 2.22 bits per heavy atom. The van der Waals surface area contributed by atoms with E-state index in [4.69, 9.17) is 45.1 Å². The van der Waals surface area contributed by atoms with Crippen LogP contribution in [0.2, 0.25) is 0 Å². The number of phenolic OH excluding ortho intramolecular Hbond substituents is 1. The molecule has 0 bridgehead atoms. The topological polar surface area (TPSA) is 230 Å². The van der Waals surface area contributed by atoms with Gasteiger partial charge in [-0.3, -0.25) is 24.0 Å². The number of hydrogen-bond acceptors (Lipinski definition) is 15. The first-order valence-electron chi connectivity index (χ1n) is 27.8. The Hall–Kier alpha value is -7.71. The number of nitrogens with zero attached hydrogens (tertiary/aromatic N) is 1. The minimum absolute atomic E-state index is 0.0112. The highest BCUT2D eigenvalue weighted by Gasteiger charge is 2.41. The smallest absolute Gasteiger partial charge is 0.329 e. The van der Waals surface area contributed by atoms with Gasteiger partial charge in [0.15, 0.2) is 22.0 Å². The van der Waals surface area contributed by atoms with Crippen molar-refractivity contribution in [1.29, 1.82) is 0 Å². The number of ether oxygens (including phenoxy) is 6. The first-order chi connectivity index (χ1) is 39.6. The Balaban J connectivity index is 0.769. The van der Waals surface area contributed by atoms with Crippen molar-refractivity contribution in [2.45, 2.75) is 90.7 Å². The fourth-order valence-corrected chi connectivity index (χ4v) is 9.73. The Labute approximate surface area is 483 Å². The predicted octanol–water partition coefficient (Wildman–Crippen LogP) is 8.94. The zero-order chi connectivity index (χ0) is 58.6. The average Bonchev–Trinajstić information content (AvgIpc) is 3.60. The second-order valence-electron chi connectivity index (χ2n) is 20.7. The molecule has 0 saturated carbocycles. The van der Waals surface area contributed by atoms with Crippen molar-refractivity contribution in [2.75, 3.05) is 78.8 Å². The summed E-state index contributed by atoms with van der Waals surface area (Å²) in [6, 6.07) is 29.3. The van der Waals surface area contributed by atoms with Gasteiger partial charge in [-0.2, -0.15) is 0 Å². The molecule has 0 spiro atoms. The van der Waals surface area contributed by atoms with E-state index in [9.17, 15) is 33.9 Å². The van der Waals surface area contributed by atoms with Crippen LogP contribution in [0.15, 0.2) is 112 Å². The van der Waals surface area contributed by atoms with Crippen molar-refractivity contribution >= 4 is 63.3 Å². The summed E-state index contributed by atoms with van der Waals surface area (Å²) in [7, 11) is 3.12. The van der Waals surface area contributed by atoms with E-state index in [2.05, 4.69) is 16.0 Å². The molecule has 2 atom stereocenters. The second kappa shape index (κ2) is 30.4. The molecule has 4 N–H and O–H groups in total. The monoisotopic (exact) mass is 1140 g/mol. The SMILES string of the molecule is CCC(C)(C)C(=O)C(=O)N1CCCCC1C(=O)OC(CCc1ccc(OC)c(OC)c1)c1cccc(CC(=O)CCC(=O)NCCOCCOCCOCCNC(=S)Nc2ccc(-c3c4ccc(=O)cc-4oc4cc(O)ccc34)cc2)c1. The molecule has 0 aromatic heterocycles. The quantitative estimate of drug-likeness (QED) is 0.0108. The van der Waals surface area contributed by atoms with Gasteiger partial charge in [0.25, 0.3) is 5.91 Å². The lowest BCUT2D eigenvalue weighted by Crippen LogP contribution is -2.53. The number of carbonyl (C=O) groups excluding carboxylic acids is 5. The summed E-state index contributed by atoms with van der Waals surface area (Å²) in [4.78, 5) is 80.2. The Morgan fingerprint density at radius 1 is 0.780 bits per heavy atom. The molecule has 19 heteroatoms. The predicted molar refractivity (Wildman–Crippen MR) is 315 cm³/mol. The minimum atomic E-state index is -0.910. The summed E-state index contributed by atoms with van der Waals surface area (Å²) in [5.41, 5.74) is 5.05. The highest BCUT2D eigenvalue weighted by molar-refractivity contribution is 7.80. The number of fused-ring (bicyclic) bond motifs is 2. The number of aromatic hydroxyl groups is 1. The van der Waals surface area contributed by atoms with Crippen molar-refractivity contribution in [3.63, 3.8) is 0 Å². The van der Waals surface area contributed by atoms with Gasteiger partial charge in [0.05, 0.1) is 53.9 Å². The van der Waals surface area contributed by atoms with Crippen molar-refractivity contribution in [3.8, 4) is 39.7 Å². The maximum atomic E-state index is 14.1. The number of nitrogens with one attached hydrogen (secondary N) is 3. The number of thiocarbonyl (C=S) groups is 1. The summed E-state index contributed by atoms with van der Waals surface area (Å²) < 4.78 is 40.0. The van der Waals surface area contributed by atoms with Crippen LogP contribution in [0.25, 0.3) is 33.4 Å². The molecular formula is C63H74N4O14S. The lowest BCUT2D eigenvalue weighted by Gasteiger charge is -2.36. The van der Waals surface area contributed by atoms with Crippen LogP contribution >= 0.6 is 12.2 Å². The standard InChI is InChI=1S/C63H74N4O14S/c1-6-63(2,3)59(72)60(73)67-29-8-7-12-51(67)61(74)81-52(24-13-41-14-25-53(75-4)56(38-41)76-5)44-11-9-10-42(36-44)37-46(68)21-26-57(71)64-27-30-77-32-34-79-35-33-78-31-28-65-62(82)66-45-17-15-43(16-18-45)58-49-22-19-47(69)39-54(49)80-55-40-48(70)20-23-50(55)58/h9-11,14-20,22-23,25,36,38-40,51-52,69H,6-8,12-13,21,24,26-35,37H2,1-5H3,(H,64,71)(H2,65,66,82). The molecular weight excluding hydrogens is 1070 g/mol. The fraction of sp³-hybridized carbons (Fsp3) is 0.413. The van der Waals surface area contributed by atoms with Crippen LogP contribution in [-0.2, 0) is 55.8 Å². The lowest BCUT2D eigenvalue weighted by molar-refractivity contribution is -0.164. The highest BCUT2D eigenvalue weighted by atomic mass is 32.1. The van der Waals surface area contributed by atoms with E-state index >= 15 is 0 Å². The number of amides is 2. The maximum absolute atomic E-state index is 14.1. The van der Waals surface area contributed by atoms with Gasteiger partial charge < -0.3 is 58.8 Å². The van der Waals surface area contributed by atoms with Crippen LogP contribution in [0.5, 0.6) is 17.2 Å². The van der Waals surface area contributed by atoms with Gasteiger partial charge in [0.1, 0.15) is 35.0 Å². The maximum Gasteiger partial charge on any atom is 0.329 e. The number of Topliss-reactive ketones (excluding diaryl/α,β-unsaturated/α-hetero) is 2. The molecule has 2 unspecified atom stereocenters. The zero-order valence-corrected chi connectivity index (χ0v) is 48.1. The summed E-state index contributed by atoms with van der Waals surface area (Å²) >= 11 is 5.48. The van der Waals surface area contributed by atoms with Crippen molar-refractivity contribution in [1.82, 2.24) is 15.5 Å². The summed E-state index contributed by atoms with van der Waals surface area (Å²) in [5, 5.41) is 20.4. The first kappa shape index (κ1) is 61.9. The largest absolute Gasteiger partial charge is 0.508 e. The molecule has 18 nitrogen and oxygen atoms in total. The Bertz CT molecular complexity index is 3200. The van der Waals surface area contributed by atoms with E-state index in [1.54, 1.807) is 52.3 Å². The van der Waals surface area contributed by atoms with Crippen molar-refractivity contribution < 1.29 is 61.9 Å². The third-order valence-corrected chi connectivity index (χ3v) is 14.7. The minimum Gasteiger partial charge on any atom is -0.508 e. The average molecular weight is 1140 g/mol. The molecule has 2 amide bonds. The fourth-order valence-electron chi connectivity index (χ4n) is 9.51. The summed E-state index contributed by atoms with van der Waals surface area (Å²) in [5.74, 6) is -0.551. The Kier molecular flexibility index (Phi) is 22.9. The number of benzene rings is 5. The van der Waals surface area contributed by atoms with Gasteiger partial charge in [-0.25, -0.2) is 4.79 Å². The lowest BCUT2D eigenvalue weighted by atomic mass is 9.84. The van der Waals surface area contributed by atoms with Gasteiger partial charge in [-0.1, -0.05) is 63.2 Å². The number of likely N-dealkylation sites (tertiary alicyclic amines) is 1. The van der Waals surface area contributed by atoms with Crippen molar-refractivity contribution in [2.24, 2.45) is 5.41 Å². The van der Waals surface area contributed by atoms with E-state index in [0.29, 0.717) is 117 Å². The normalized spacial score (nSPS) is 13.8. The number of anilines is 1. The summed E-state index contributed by atoms with van der Waals surface area (Å²) in [6.45, 7) is 8.43. The molecule has 1 aliphatic carbocycles. The van der Waals surface area contributed by atoms with Crippen LogP contribution < -0.4 is 30.9 Å². The zero-order valence-electron chi connectivity index (χ0n) is 47.3. The molecule has 2 heterocycles. The number of methoxy groups -OCH3 is 2. The highest BCUT2D eigenvalue weighted by Crippen LogP contribution is 2.41. The van der Waals surface area contributed by atoms with E-state index in [1.807, 2.05) is 67.6 Å². The molecule has 1 saturated heterocycles. The molecule has 3 aliphatic rings. The third kappa shape index (κ3) is 17.4. The first-order valence-corrected chi connectivity index (χ1v) is 28.2. The van der Waals surface area contributed by atoms with Crippen LogP contribution in [0.3, 0.4) is 0 Å². The Morgan fingerprint density at radius 2 is 1.50 bits per heavy atom. The molecule has 4 aromatic rings. The number of rotatable bonds is 30. The number of piperidine rings is 1.